The average molecular weight is 236 g/mol. The molecule has 1 rings (SSSR count). The van der Waals surface area contributed by atoms with Gasteiger partial charge in [0, 0.05) is 6.42 Å². The van der Waals surface area contributed by atoms with Crippen LogP contribution in [0.25, 0.3) is 0 Å². The van der Waals surface area contributed by atoms with Gasteiger partial charge < -0.3 is 9.47 Å². The summed E-state index contributed by atoms with van der Waals surface area (Å²) in [6.45, 7) is 4.15. The minimum atomic E-state index is 0.0775. The molecule has 1 aromatic rings. The lowest BCUT2D eigenvalue weighted by atomic mass is 9.96. The minimum absolute atomic E-state index is 0.0775. The third kappa shape index (κ3) is 3.22. The summed E-state index contributed by atoms with van der Waals surface area (Å²) in [6, 6.07) is 5.39. The zero-order valence-electron chi connectivity index (χ0n) is 10.9. The Labute approximate surface area is 103 Å². The number of ether oxygens (including phenoxy) is 2. The van der Waals surface area contributed by atoms with Gasteiger partial charge in [0.1, 0.15) is 17.1 Å². The van der Waals surface area contributed by atoms with Crippen LogP contribution in [0.3, 0.4) is 0 Å². The summed E-state index contributed by atoms with van der Waals surface area (Å²) < 4.78 is 10.4. The summed E-state index contributed by atoms with van der Waals surface area (Å²) in [5.41, 5.74) is 0.554. The smallest absolute Gasteiger partial charge is 0.170 e. The second-order valence-electron chi connectivity index (χ2n) is 4.18. The van der Waals surface area contributed by atoms with Crippen LogP contribution >= 0.6 is 0 Å². The van der Waals surface area contributed by atoms with E-state index < -0.39 is 0 Å². The van der Waals surface area contributed by atoms with Crippen molar-refractivity contribution >= 4 is 5.78 Å². The molecule has 3 heteroatoms. The van der Waals surface area contributed by atoms with Crippen LogP contribution in [0.1, 0.15) is 37.0 Å². The Kier molecular flexibility index (Phi) is 5.01. The number of hydrogen-bond acceptors (Lipinski definition) is 3. The van der Waals surface area contributed by atoms with Crippen LogP contribution in [0.5, 0.6) is 11.5 Å². The van der Waals surface area contributed by atoms with Crippen LogP contribution < -0.4 is 9.47 Å². The van der Waals surface area contributed by atoms with Crippen molar-refractivity contribution in [2.24, 2.45) is 5.92 Å². The number of hydrogen-bond donors (Lipinski definition) is 0. The predicted molar refractivity (Wildman–Crippen MR) is 67.9 cm³/mol. The molecule has 0 heterocycles. The quantitative estimate of drug-likeness (QED) is 0.711. The number of Topliss-reactive ketones (excluding diaryl/α,β-unsaturated/α-hetero) is 1. The monoisotopic (exact) mass is 236 g/mol. The number of carbonyl (C=O) groups is 1. The summed E-state index contributed by atoms with van der Waals surface area (Å²) in [4.78, 5) is 12.2. The van der Waals surface area contributed by atoms with Gasteiger partial charge in [0.15, 0.2) is 5.78 Å². The zero-order chi connectivity index (χ0) is 12.8. The van der Waals surface area contributed by atoms with Crippen LogP contribution in [-0.2, 0) is 0 Å². The van der Waals surface area contributed by atoms with Crippen molar-refractivity contribution in [2.75, 3.05) is 14.2 Å². The molecule has 0 fully saturated rings. The zero-order valence-corrected chi connectivity index (χ0v) is 10.9. The van der Waals surface area contributed by atoms with Crippen molar-refractivity contribution < 1.29 is 14.3 Å². The topological polar surface area (TPSA) is 35.5 Å². The average Bonchev–Trinajstić information content (AvgIpc) is 2.37. The van der Waals surface area contributed by atoms with Crippen molar-refractivity contribution in [3.8, 4) is 11.5 Å². The normalized spacial score (nSPS) is 12.0. The van der Waals surface area contributed by atoms with Crippen LogP contribution in [0.2, 0.25) is 0 Å². The first kappa shape index (κ1) is 13.6. The summed E-state index contributed by atoms with van der Waals surface area (Å²) in [6.07, 6.45) is 1.51. The van der Waals surface area contributed by atoms with Crippen molar-refractivity contribution in [3.05, 3.63) is 23.8 Å². The third-order valence-electron chi connectivity index (χ3n) is 2.94. The predicted octanol–water partition coefficient (Wildman–Crippen LogP) is 3.32. The second kappa shape index (κ2) is 6.28. The van der Waals surface area contributed by atoms with Gasteiger partial charge in [-0.1, -0.05) is 26.3 Å². The third-order valence-corrected chi connectivity index (χ3v) is 2.94. The highest BCUT2D eigenvalue weighted by Crippen LogP contribution is 2.30. The van der Waals surface area contributed by atoms with E-state index >= 15 is 0 Å². The van der Waals surface area contributed by atoms with E-state index in [-0.39, 0.29) is 5.78 Å². The Morgan fingerprint density at radius 3 is 2.18 bits per heavy atom. The van der Waals surface area contributed by atoms with E-state index in [9.17, 15) is 4.79 Å². The Morgan fingerprint density at radius 1 is 1.24 bits per heavy atom. The minimum Gasteiger partial charge on any atom is -0.496 e. The van der Waals surface area contributed by atoms with E-state index in [4.69, 9.17) is 9.47 Å². The number of benzene rings is 1. The maximum atomic E-state index is 12.2. The Hall–Kier alpha value is -1.51. The number of methoxy groups -OCH3 is 2. The molecular weight excluding hydrogens is 216 g/mol. The molecule has 0 saturated heterocycles. The molecular formula is C14H20O3. The summed E-state index contributed by atoms with van der Waals surface area (Å²) in [5, 5.41) is 0. The van der Waals surface area contributed by atoms with Crippen LogP contribution in [0, 0.1) is 5.92 Å². The summed E-state index contributed by atoms with van der Waals surface area (Å²) in [7, 11) is 3.13. The first-order valence-electron chi connectivity index (χ1n) is 5.88. The molecule has 0 aliphatic carbocycles. The van der Waals surface area contributed by atoms with E-state index in [0.717, 1.165) is 6.42 Å². The number of rotatable bonds is 6. The summed E-state index contributed by atoms with van der Waals surface area (Å²) in [5.74, 6) is 1.61. The van der Waals surface area contributed by atoms with Crippen LogP contribution in [-0.4, -0.2) is 20.0 Å². The molecule has 0 aliphatic heterocycles. The van der Waals surface area contributed by atoms with Gasteiger partial charge in [-0.15, -0.1) is 0 Å². The molecule has 1 aromatic carbocycles. The second-order valence-corrected chi connectivity index (χ2v) is 4.18. The van der Waals surface area contributed by atoms with Gasteiger partial charge in [0.25, 0.3) is 0 Å². The molecule has 94 valence electrons. The molecule has 0 amide bonds. The van der Waals surface area contributed by atoms with Gasteiger partial charge in [-0.25, -0.2) is 0 Å². The van der Waals surface area contributed by atoms with E-state index in [2.05, 4.69) is 13.8 Å². The highest BCUT2D eigenvalue weighted by atomic mass is 16.5. The molecule has 0 saturated carbocycles. The Morgan fingerprint density at radius 2 is 1.76 bits per heavy atom. The van der Waals surface area contributed by atoms with E-state index in [1.165, 1.54) is 0 Å². The maximum Gasteiger partial charge on any atom is 0.170 e. The lowest BCUT2D eigenvalue weighted by Gasteiger charge is -2.13. The summed E-state index contributed by atoms with van der Waals surface area (Å²) >= 11 is 0. The van der Waals surface area contributed by atoms with Gasteiger partial charge in [-0.3, -0.25) is 4.79 Å². The standard InChI is InChI=1S/C14H20O3/c1-5-10(2)9-11(15)14-12(16-3)7-6-8-13(14)17-4/h6-8,10H,5,9H2,1-4H3. The molecule has 0 aromatic heterocycles. The fraction of sp³-hybridized carbons (Fsp3) is 0.500. The first-order valence-corrected chi connectivity index (χ1v) is 5.88. The molecule has 3 nitrogen and oxygen atoms in total. The van der Waals surface area contributed by atoms with Crippen LogP contribution in [0.4, 0.5) is 0 Å². The van der Waals surface area contributed by atoms with Crippen LogP contribution in [0.15, 0.2) is 18.2 Å². The van der Waals surface area contributed by atoms with Crippen molar-refractivity contribution in [2.45, 2.75) is 26.7 Å². The van der Waals surface area contributed by atoms with Gasteiger partial charge in [0.05, 0.1) is 14.2 Å². The molecule has 1 atom stereocenters. The Balaban J connectivity index is 3.05. The highest BCUT2D eigenvalue weighted by Gasteiger charge is 2.19. The highest BCUT2D eigenvalue weighted by molar-refractivity contribution is 6.01. The SMILES string of the molecule is CCC(C)CC(=O)c1c(OC)cccc1OC. The Bertz CT molecular complexity index is 363. The fourth-order valence-electron chi connectivity index (χ4n) is 1.69. The lowest BCUT2D eigenvalue weighted by molar-refractivity contribution is 0.0957. The van der Waals surface area contributed by atoms with E-state index in [1.54, 1.807) is 26.4 Å². The molecule has 0 radical (unpaired) electrons. The number of carbonyl (C=O) groups excluding carboxylic acids is 1. The molecule has 1 unspecified atom stereocenters. The molecule has 0 N–H and O–H groups in total. The first-order chi connectivity index (χ1) is 8.13. The van der Waals surface area contributed by atoms with Gasteiger partial charge in [-0.2, -0.15) is 0 Å². The van der Waals surface area contributed by atoms with Gasteiger partial charge in [0.2, 0.25) is 0 Å². The number of ketones is 1. The van der Waals surface area contributed by atoms with E-state index in [0.29, 0.717) is 29.4 Å². The van der Waals surface area contributed by atoms with Crippen molar-refractivity contribution in [1.29, 1.82) is 0 Å². The van der Waals surface area contributed by atoms with Gasteiger partial charge >= 0.3 is 0 Å². The molecule has 0 aliphatic rings. The molecule has 0 bridgehead atoms. The molecule has 0 spiro atoms. The van der Waals surface area contributed by atoms with Gasteiger partial charge in [-0.05, 0) is 18.1 Å². The fourth-order valence-corrected chi connectivity index (χ4v) is 1.69. The van der Waals surface area contributed by atoms with Crippen molar-refractivity contribution in [3.63, 3.8) is 0 Å². The lowest BCUT2D eigenvalue weighted by Crippen LogP contribution is -2.08. The molecule has 17 heavy (non-hydrogen) atoms. The maximum absolute atomic E-state index is 12.2. The van der Waals surface area contributed by atoms with Crippen molar-refractivity contribution in [1.82, 2.24) is 0 Å². The van der Waals surface area contributed by atoms with E-state index in [1.807, 2.05) is 6.07 Å². The largest absolute Gasteiger partial charge is 0.496 e.